The maximum atomic E-state index is 12.8. The van der Waals surface area contributed by atoms with E-state index in [9.17, 15) is 18.0 Å². The van der Waals surface area contributed by atoms with Crippen molar-refractivity contribution < 1.29 is 18.0 Å². The lowest BCUT2D eigenvalue weighted by Gasteiger charge is -2.21. The first kappa shape index (κ1) is 23.4. The third kappa shape index (κ3) is 5.72. The maximum absolute atomic E-state index is 12.8. The highest BCUT2D eigenvalue weighted by Crippen LogP contribution is 2.27. The second-order valence-electron chi connectivity index (χ2n) is 8.11. The van der Waals surface area contributed by atoms with Crippen LogP contribution in [0.25, 0.3) is 0 Å². The molecule has 1 unspecified atom stereocenters. The van der Waals surface area contributed by atoms with Crippen molar-refractivity contribution in [1.29, 1.82) is 0 Å². The summed E-state index contributed by atoms with van der Waals surface area (Å²) < 4.78 is 27.1. The molecule has 0 radical (unpaired) electrons. The molecule has 1 saturated heterocycles. The van der Waals surface area contributed by atoms with Gasteiger partial charge in [0.15, 0.2) is 0 Å². The van der Waals surface area contributed by atoms with Crippen molar-refractivity contribution in [2.75, 3.05) is 13.1 Å². The highest BCUT2D eigenvalue weighted by molar-refractivity contribution is 7.91. The van der Waals surface area contributed by atoms with E-state index in [1.54, 1.807) is 30.3 Å². The van der Waals surface area contributed by atoms with Crippen molar-refractivity contribution in [3.63, 3.8) is 0 Å². The van der Waals surface area contributed by atoms with E-state index in [0.29, 0.717) is 22.9 Å². The summed E-state index contributed by atoms with van der Waals surface area (Å²) >= 11 is 1.17. The molecule has 0 bridgehead atoms. The van der Waals surface area contributed by atoms with Crippen LogP contribution in [0, 0.1) is 12.8 Å². The van der Waals surface area contributed by atoms with Gasteiger partial charge in [-0.1, -0.05) is 31.5 Å². The minimum absolute atomic E-state index is 0.108. The lowest BCUT2D eigenvalue weighted by molar-refractivity contribution is -0.124. The predicted octanol–water partition coefficient (Wildman–Crippen LogP) is 2.91. The molecule has 1 atom stereocenters. The van der Waals surface area contributed by atoms with Gasteiger partial charge in [0.25, 0.3) is 15.9 Å². The normalized spacial score (nSPS) is 15.7. The minimum Gasteiger partial charge on any atom is -0.349 e. The second kappa shape index (κ2) is 9.93. The average molecular weight is 464 g/mol. The van der Waals surface area contributed by atoms with Crippen LogP contribution < -0.4 is 10.6 Å². The van der Waals surface area contributed by atoms with Crippen molar-refractivity contribution in [3.05, 3.63) is 52.4 Å². The molecule has 31 heavy (non-hydrogen) atoms. The molecule has 1 fully saturated rings. The fourth-order valence-corrected chi connectivity index (χ4v) is 6.44. The zero-order valence-electron chi connectivity index (χ0n) is 18.1. The molecule has 2 heterocycles. The van der Waals surface area contributed by atoms with E-state index in [0.717, 1.165) is 23.3 Å². The monoisotopic (exact) mass is 463 g/mol. The van der Waals surface area contributed by atoms with Crippen LogP contribution >= 0.6 is 11.3 Å². The van der Waals surface area contributed by atoms with Crippen LogP contribution in [0.5, 0.6) is 0 Å². The van der Waals surface area contributed by atoms with Gasteiger partial charge in [-0.2, -0.15) is 4.31 Å². The molecule has 1 aliphatic rings. The fraction of sp³-hybridized carbons (Fsp3) is 0.455. The minimum atomic E-state index is -3.45. The van der Waals surface area contributed by atoms with Gasteiger partial charge in [-0.25, -0.2) is 8.42 Å². The van der Waals surface area contributed by atoms with Crippen molar-refractivity contribution >= 4 is 33.2 Å². The van der Waals surface area contributed by atoms with Crippen LogP contribution in [-0.2, 0) is 21.4 Å². The van der Waals surface area contributed by atoms with Gasteiger partial charge in [-0.05, 0) is 49.9 Å². The van der Waals surface area contributed by atoms with Crippen LogP contribution in [0.4, 0.5) is 0 Å². The molecule has 7 nitrogen and oxygen atoms in total. The van der Waals surface area contributed by atoms with Gasteiger partial charge >= 0.3 is 0 Å². The number of carbonyl (C=O) groups excluding carboxylic acids is 2. The second-order valence-corrected chi connectivity index (χ2v) is 11.4. The van der Waals surface area contributed by atoms with Gasteiger partial charge in [-0.3, -0.25) is 9.59 Å². The molecule has 2 aromatic rings. The van der Waals surface area contributed by atoms with E-state index in [1.165, 1.54) is 15.6 Å². The molecule has 0 spiro atoms. The van der Waals surface area contributed by atoms with Gasteiger partial charge in [0.1, 0.15) is 10.3 Å². The standard InChI is InChI=1S/C22H29N3O4S2/c1-15(2)20(24-21(26)17-8-6-7-16(3)13-17)22(27)23-14-18-9-10-19(30-18)31(28,29)25-11-4-5-12-25/h6-10,13,15,20H,4-5,11-12,14H2,1-3H3,(H,23,27)(H,24,26). The Labute approximate surface area is 187 Å². The zero-order chi connectivity index (χ0) is 22.6. The van der Waals surface area contributed by atoms with Crippen LogP contribution in [0.3, 0.4) is 0 Å². The Morgan fingerprint density at radius 3 is 2.48 bits per heavy atom. The molecule has 1 aliphatic heterocycles. The number of sulfonamides is 1. The first-order valence-electron chi connectivity index (χ1n) is 10.4. The number of hydrogen-bond donors (Lipinski definition) is 2. The van der Waals surface area contributed by atoms with Crippen molar-refractivity contribution in [2.45, 2.75) is 50.4 Å². The van der Waals surface area contributed by atoms with E-state index in [4.69, 9.17) is 0 Å². The number of aryl methyl sites for hydroxylation is 1. The molecular formula is C22H29N3O4S2. The predicted molar refractivity (Wildman–Crippen MR) is 121 cm³/mol. The number of amides is 2. The largest absolute Gasteiger partial charge is 0.349 e. The van der Waals surface area contributed by atoms with E-state index in [1.807, 2.05) is 26.8 Å². The van der Waals surface area contributed by atoms with Gasteiger partial charge in [-0.15, -0.1) is 11.3 Å². The SMILES string of the molecule is Cc1cccc(C(=O)NC(C(=O)NCc2ccc(S(=O)(=O)N3CCCC3)s2)C(C)C)c1. The van der Waals surface area contributed by atoms with E-state index < -0.39 is 16.1 Å². The van der Waals surface area contributed by atoms with Crippen molar-refractivity contribution in [1.82, 2.24) is 14.9 Å². The first-order valence-corrected chi connectivity index (χ1v) is 12.7. The zero-order valence-corrected chi connectivity index (χ0v) is 19.7. The number of carbonyl (C=O) groups is 2. The van der Waals surface area contributed by atoms with Gasteiger partial charge < -0.3 is 10.6 Å². The molecule has 1 aromatic heterocycles. The summed E-state index contributed by atoms with van der Waals surface area (Å²) in [5, 5.41) is 5.64. The summed E-state index contributed by atoms with van der Waals surface area (Å²) in [6.45, 7) is 6.97. The molecule has 0 saturated carbocycles. The highest BCUT2D eigenvalue weighted by atomic mass is 32.2. The Kier molecular flexibility index (Phi) is 7.51. The molecule has 1 aromatic carbocycles. The van der Waals surface area contributed by atoms with Crippen LogP contribution in [0.1, 0.15) is 47.5 Å². The van der Waals surface area contributed by atoms with Gasteiger partial charge in [0.05, 0.1) is 6.54 Å². The lowest BCUT2D eigenvalue weighted by atomic mass is 10.0. The Morgan fingerprint density at radius 1 is 1.13 bits per heavy atom. The summed E-state index contributed by atoms with van der Waals surface area (Å²) in [7, 11) is -3.45. The van der Waals surface area contributed by atoms with E-state index in [2.05, 4.69) is 10.6 Å². The number of hydrogen-bond acceptors (Lipinski definition) is 5. The fourth-order valence-electron chi connectivity index (χ4n) is 3.48. The number of nitrogens with one attached hydrogen (secondary N) is 2. The first-order chi connectivity index (χ1) is 14.7. The summed E-state index contributed by atoms with van der Waals surface area (Å²) in [5.74, 6) is -0.704. The molecule has 2 N–H and O–H groups in total. The third-order valence-electron chi connectivity index (χ3n) is 5.25. The average Bonchev–Trinajstić information content (AvgIpc) is 3.42. The van der Waals surface area contributed by atoms with Crippen LogP contribution in [-0.4, -0.2) is 43.7 Å². The number of nitrogens with zero attached hydrogens (tertiary/aromatic N) is 1. The number of rotatable bonds is 8. The van der Waals surface area contributed by atoms with Gasteiger partial charge in [0.2, 0.25) is 5.91 Å². The molecule has 168 valence electrons. The van der Waals surface area contributed by atoms with E-state index in [-0.39, 0.29) is 24.3 Å². The maximum Gasteiger partial charge on any atom is 0.252 e. The smallest absolute Gasteiger partial charge is 0.252 e. The molecule has 3 rings (SSSR count). The topological polar surface area (TPSA) is 95.6 Å². The molecular weight excluding hydrogens is 434 g/mol. The number of thiophene rings is 1. The molecule has 0 aliphatic carbocycles. The van der Waals surface area contributed by atoms with Gasteiger partial charge in [0, 0.05) is 23.5 Å². The lowest BCUT2D eigenvalue weighted by Crippen LogP contribution is -2.49. The Balaban J connectivity index is 1.61. The molecule has 2 amide bonds. The number of benzene rings is 1. The Hall–Kier alpha value is -2.23. The summed E-state index contributed by atoms with van der Waals surface area (Å²) in [6, 6.07) is 9.83. The van der Waals surface area contributed by atoms with E-state index >= 15 is 0 Å². The summed E-state index contributed by atoms with van der Waals surface area (Å²) in [5.41, 5.74) is 1.48. The Bertz CT molecular complexity index is 1040. The van der Waals surface area contributed by atoms with Crippen molar-refractivity contribution in [2.24, 2.45) is 5.92 Å². The third-order valence-corrected chi connectivity index (χ3v) is 8.70. The van der Waals surface area contributed by atoms with Crippen LogP contribution in [0.2, 0.25) is 0 Å². The van der Waals surface area contributed by atoms with Crippen LogP contribution in [0.15, 0.2) is 40.6 Å². The molecule has 9 heteroatoms. The van der Waals surface area contributed by atoms with Crippen molar-refractivity contribution in [3.8, 4) is 0 Å². The summed E-state index contributed by atoms with van der Waals surface area (Å²) in [4.78, 5) is 26.1. The summed E-state index contributed by atoms with van der Waals surface area (Å²) in [6.07, 6.45) is 1.77. The quantitative estimate of drug-likeness (QED) is 0.629. The Morgan fingerprint density at radius 2 is 1.84 bits per heavy atom. The highest BCUT2D eigenvalue weighted by Gasteiger charge is 2.29.